The molecule has 4 rings (SSSR count). The van der Waals surface area contributed by atoms with E-state index < -0.39 is 0 Å². The summed E-state index contributed by atoms with van der Waals surface area (Å²) in [5.41, 5.74) is 1.51. The third-order valence-corrected chi connectivity index (χ3v) is 5.49. The Bertz CT molecular complexity index is 1070. The van der Waals surface area contributed by atoms with Gasteiger partial charge in [0.2, 0.25) is 0 Å². The Labute approximate surface area is 150 Å². The van der Waals surface area contributed by atoms with E-state index in [-0.39, 0.29) is 18.3 Å². The second kappa shape index (κ2) is 6.42. The second-order valence-corrected chi connectivity index (χ2v) is 7.61. The fourth-order valence-electron chi connectivity index (χ4n) is 2.58. The number of aromatic nitrogens is 1. The van der Waals surface area contributed by atoms with Crippen molar-refractivity contribution in [2.75, 3.05) is 11.9 Å². The van der Waals surface area contributed by atoms with Crippen LogP contribution in [-0.4, -0.2) is 17.5 Å². The summed E-state index contributed by atoms with van der Waals surface area (Å²) in [6.45, 7) is 1.85. The van der Waals surface area contributed by atoms with Gasteiger partial charge in [0.15, 0.2) is 6.61 Å². The third kappa shape index (κ3) is 3.20. The molecule has 0 spiro atoms. The van der Waals surface area contributed by atoms with Crippen molar-refractivity contribution in [1.82, 2.24) is 4.98 Å². The summed E-state index contributed by atoms with van der Waals surface area (Å²) < 4.78 is 20.8. The summed E-state index contributed by atoms with van der Waals surface area (Å²) in [6.07, 6.45) is 0. The fraction of sp³-hybridized carbons (Fsp3) is 0.111. The smallest absolute Gasteiger partial charge is 0.262 e. The van der Waals surface area contributed by atoms with Gasteiger partial charge in [0, 0.05) is 17.1 Å². The molecule has 0 unspecified atom stereocenters. The number of nitrogens with zero attached hydrogens (tertiary/aromatic N) is 1. The fourth-order valence-corrected chi connectivity index (χ4v) is 4.41. The van der Waals surface area contributed by atoms with E-state index in [4.69, 9.17) is 4.74 Å². The molecule has 2 aromatic heterocycles. The van der Waals surface area contributed by atoms with Crippen LogP contribution in [0.25, 0.3) is 20.3 Å². The topological polar surface area (TPSA) is 51.2 Å². The van der Waals surface area contributed by atoms with Gasteiger partial charge >= 0.3 is 0 Å². The van der Waals surface area contributed by atoms with E-state index in [1.54, 1.807) is 22.7 Å². The van der Waals surface area contributed by atoms with E-state index in [0.717, 1.165) is 25.3 Å². The van der Waals surface area contributed by atoms with Crippen molar-refractivity contribution in [3.63, 3.8) is 0 Å². The van der Waals surface area contributed by atoms with Gasteiger partial charge in [-0.25, -0.2) is 9.37 Å². The van der Waals surface area contributed by atoms with E-state index in [0.29, 0.717) is 11.4 Å². The van der Waals surface area contributed by atoms with Crippen LogP contribution in [-0.2, 0) is 4.79 Å². The standard InChI is InChI=1S/C18H13FN2O2S2/c1-10-20-17-15(25-10)8-14(13-6-7-24-18(13)17)23-9-16(22)21-12-4-2-11(19)3-5-12/h2-8H,9H2,1H3,(H,21,22). The molecule has 1 amide bonds. The van der Waals surface area contributed by atoms with Gasteiger partial charge in [-0.3, -0.25) is 4.79 Å². The molecular weight excluding hydrogens is 359 g/mol. The zero-order valence-electron chi connectivity index (χ0n) is 13.2. The minimum absolute atomic E-state index is 0.119. The second-order valence-electron chi connectivity index (χ2n) is 5.46. The van der Waals surface area contributed by atoms with Crippen LogP contribution in [0.15, 0.2) is 41.8 Å². The Kier molecular flexibility index (Phi) is 4.10. The van der Waals surface area contributed by atoms with Gasteiger partial charge in [0.25, 0.3) is 5.91 Å². The number of thiazole rings is 1. The lowest BCUT2D eigenvalue weighted by Crippen LogP contribution is -2.20. The third-order valence-electron chi connectivity index (χ3n) is 3.65. The Hall–Kier alpha value is -2.51. The number of ether oxygens (including phenoxy) is 1. The molecule has 25 heavy (non-hydrogen) atoms. The molecule has 0 aliphatic carbocycles. The Balaban J connectivity index is 1.54. The van der Waals surface area contributed by atoms with Gasteiger partial charge in [-0.2, -0.15) is 0 Å². The summed E-state index contributed by atoms with van der Waals surface area (Å²) in [7, 11) is 0. The molecule has 0 atom stereocenters. The maximum absolute atomic E-state index is 12.9. The van der Waals surface area contributed by atoms with Crippen molar-refractivity contribution in [3.05, 3.63) is 52.6 Å². The number of hydrogen-bond acceptors (Lipinski definition) is 5. The van der Waals surface area contributed by atoms with Gasteiger partial charge < -0.3 is 10.1 Å². The van der Waals surface area contributed by atoms with E-state index in [1.165, 1.54) is 24.3 Å². The van der Waals surface area contributed by atoms with Crippen LogP contribution in [0.3, 0.4) is 0 Å². The highest BCUT2D eigenvalue weighted by molar-refractivity contribution is 7.21. The van der Waals surface area contributed by atoms with Gasteiger partial charge in [0.1, 0.15) is 11.6 Å². The van der Waals surface area contributed by atoms with Crippen LogP contribution in [0.5, 0.6) is 5.75 Å². The van der Waals surface area contributed by atoms with Crippen molar-refractivity contribution in [3.8, 4) is 5.75 Å². The van der Waals surface area contributed by atoms with Crippen LogP contribution in [0.1, 0.15) is 5.01 Å². The van der Waals surface area contributed by atoms with E-state index in [9.17, 15) is 9.18 Å². The molecule has 4 nitrogen and oxygen atoms in total. The maximum Gasteiger partial charge on any atom is 0.262 e. The average molecular weight is 372 g/mol. The highest BCUT2D eigenvalue weighted by Gasteiger charge is 2.13. The van der Waals surface area contributed by atoms with Crippen molar-refractivity contribution >= 4 is 54.6 Å². The molecule has 0 bridgehead atoms. The number of hydrogen-bond donors (Lipinski definition) is 1. The summed E-state index contributed by atoms with van der Waals surface area (Å²) in [5.74, 6) is 0.0273. The number of benzene rings is 2. The summed E-state index contributed by atoms with van der Waals surface area (Å²) >= 11 is 3.21. The van der Waals surface area contributed by atoms with Crippen LogP contribution < -0.4 is 10.1 Å². The lowest BCUT2D eigenvalue weighted by molar-refractivity contribution is -0.118. The zero-order chi connectivity index (χ0) is 17.4. The van der Waals surface area contributed by atoms with Crippen LogP contribution in [0.4, 0.5) is 10.1 Å². The summed E-state index contributed by atoms with van der Waals surface area (Å²) in [4.78, 5) is 16.7. The van der Waals surface area contributed by atoms with E-state index in [2.05, 4.69) is 10.3 Å². The number of amides is 1. The molecule has 4 aromatic rings. The molecule has 2 aromatic carbocycles. The Morgan fingerprint density at radius 2 is 2.08 bits per heavy atom. The largest absolute Gasteiger partial charge is 0.483 e. The summed E-state index contributed by atoms with van der Waals surface area (Å²) in [5, 5.41) is 6.63. The van der Waals surface area contributed by atoms with Gasteiger partial charge in [0.05, 0.1) is 19.9 Å². The number of anilines is 1. The predicted octanol–water partition coefficient (Wildman–Crippen LogP) is 4.98. The molecule has 1 N–H and O–H groups in total. The molecule has 0 saturated heterocycles. The lowest BCUT2D eigenvalue weighted by atomic mass is 10.2. The summed E-state index contributed by atoms with van der Waals surface area (Å²) in [6, 6.07) is 9.52. The van der Waals surface area contributed by atoms with Crippen molar-refractivity contribution in [2.24, 2.45) is 0 Å². The van der Waals surface area contributed by atoms with E-state index in [1.807, 2.05) is 24.4 Å². The predicted molar refractivity (Wildman–Crippen MR) is 100 cm³/mol. The zero-order valence-corrected chi connectivity index (χ0v) is 14.8. The molecular formula is C18H13FN2O2S2. The number of carbonyl (C=O) groups excluding carboxylic acids is 1. The Morgan fingerprint density at radius 3 is 2.88 bits per heavy atom. The van der Waals surface area contributed by atoms with E-state index >= 15 is 0 Å². The van der Waals surface area contributed by atoms with Crippen molar-refractivity contribution < 1.29 is 13.9 Å². The Morgan fingerprint density at radius 1 is 1.28 bits per heavy atom. The molecule has 0 aliphatic heterocycles. The molecule has 2 heterocycles. The maximum atomic E-state index is 12.9. The minimum atomic E-state index is -0.345. The first-order chi connectivity index (χ1) is 12.1. The van der Waals surface area contributed by atoms with Gasteiger partial charge in [-0.1, -0.05) is 0 Å². The highest BCUT2D eigenvalue weighted by Crippen LogP contribution is 2.38. The minimum Gasteiger partial charge on any atom is -0.483 e. The lowest BCUT2D eigenvalue weighted by Gasteiger charge is -2.09. The first-order valence-electron chi connectivity index (χ1n) is 7.56. The normalized spacial score (nSPS) is 11.1. The van der Waals surface area contributed by atoms with Crippen LogP contribution in [0, 0.1) is 12.7 Å². The van der Waals surface area contributed by atoms with Crippen LogP contribution >= 0.6 is 22.7 Å². The number of nitrogens with one attached hydrogen (secondary N) is 1. The van der Waals surface area contributed by atoms with Crippen molar-refractivity contribution in [2.45, 2.75) is 6.92 Å². The number of halogens is 1. The molecule has 7 heteroatoms. The number of aryl methyl sites for hydroxylation is 1. The molecule has 0 radical (unpaired) electrons. The van der Waals surface area contributed by atoms with Crippen LogP contribution in [0.2, 0.25) is 0 Å². The van der Waals surface area contributed by atoms with Gasteiger partial charge in [-0.15, -0.1) is 22.7 Å². The molecule has 0 fully saturated rings. The average Bonchev–Trinajstić information content (AvgIpc) is 3.20. The molecule has 126 valence electrons. The monoisotopic (exact) mass is 372 g/mol. The SMILES string of the molecule is Cc1nc2c(cc(OCC(=O)Nc3ccc(F)cc3)c3ccsc32)s1. The number of fused-ring (bicyclic) bond motifs is 3. The first-order valence-corrected chi connectivity index (χ1v) is 9.25. The number of carbonyl (C=O) groups is 1. The molecule has 0 aliphatic rings. The number of rotatable bonds is 4. The first kappa shape index (κ1) is 16.0. The quantitative estimate of drug-likeness (QED) is 0.550. The highest BCUT2D eigenvalue weighted by atomic mass is 32.1. The van der Waals surface area contributed by atoms with Crippen molar-refractivity contribution in [1.29, 1.82) is 0 Å². The van der Waals surface area contributed by atoms with Gasteiger partial charge in [-0.05, 0) is 42.6 Å². The molecule has 0 saturated carbocycles. The number of thiophene rings is 1.